The Kier molecular flexibility index (Phi) is 4.27. The number of hydrogen-bond donors (Lipinski definition) is 0. The quantitative estimate of drug-likeness (QED) is 0.566. The monoisotopic (exact) mass is 415 g/mol. The van der Waals surface area contributed by atoms with Crippen molar-refractivity contribution in [1.82, 2.24) is 4.90 Å². The third kappa shape index (κ3) is 2.72. The molecule has 2 unspecified atom stereocenters. The van der Waals surface area contributed by atoms with Crippen LogP contribution < -0.4 is 0 Å². The number of imide groups is 1. The summed E-state index contributed by atoms with van der Waals surface area (Å²) in [6, 6.07) is 16.3. The molecule has 31 heavy (non-hydrogen) atoms. The minimum absolute atomic E-state index is 0.0824. The molecule has 1 saturated carbocycles. The highest BCUT2D eigenvalue weighted by Crippen LogP contribution is 2.60. The number of likely N-dealkylation sites (tertiary alicyclic amines) is 1. The van der Waals surface area contributed by atoms with Crippen LogP contribution in [0.3, 0.4) is 0 Å². The van der Waals surface area contributed by atoms with Gasteiger partial charge in [0.2, 0.25) is 11.8 Å². The van der Waals surface area contributed by atoms with Gasteiger partial charge >= 0.3 is 5.97 Å². The molecule has 0 aromatic heterocycles. The van der Waals surface area contributed by atoms with Gasteiger partial charge in [-0.25, -0.2) is 0 Å². The lowest BCUT2D eigenvalue weighted by Gasteiger charge is -2.45. The first kappa shape index (κ1) is 18.8. The molecule has 158 valence electrons. The predicted molar refractivity (Wildman–Crippen MR) is 113 cm³/mol. The van der Waals surface area contributed by atoms with Crippen molar-refractivity contribution in [3.05, 3.63) is 70.8 Å². The van der Waals surface area contributed by atoms with Gasteiger partial charge in [-0.15, -0.1) is 0 Å². The second-order valence-electron chi connectivity index (χ2n) is 9.28. The SMILES string of the molecule is O=C(CN1C(=O)C2C3c4ccccc4C(c4ccccc43)C2C1=O)OC1CCCCC1. The Morgan fingerprint density at radius 1 is 0.774 bits per heavy atom. The van der Waals surface area contributed by atoms with E-state index in [1.807, 2.05) is 24.3 Å². The second-order valence-corrected chi connectivity index (χ2v) is 9.28. The summed E-state index contributed by atoms with van der Waals surface area (Å²) in [5.74, 6) is -2.08. The van der Waals surface area contributed by atoms with Gasteiger partial charge in [0.05, 0.1) is 11.8 Å². The Labute approximate surface area is 181 Å². The van der Waals surface area contributed by atoms with E-state index in [4.69, 9.17) is 4.74 Å². The molecule has 5 nitrogen and oxygen atoms in total. The van der Waals surface area contributed by atoms with Gasteiger partial charge in [-0.2, -0.15) is 0 Å². The van der Waals surface area contributed by atoms with Crippen LogP contribution in [-0.2, 0) is 19.1 Å². The molecule has 5 heteroatoms. The summed E-state index contributed by atoms with van der Waals surface area (Å²) in [6.07, 6.45) is 4.94. The molecule has 0 spiro atoms. The number of amides is 2. The highest BCUT2D eigenvalue weighted by molar-refractivity contribution is 6.09. The number of carbonyl (C=O) groups excluding carboxylic acids is 3. The van der Waals surface area contributed by atoms with E-state index in [-0.39, 0.29) is 36.3 Å². The van der Waals surface area contributed by atoms with Gasteiger partial charge in [0, 0.05) is 11.8 Å². The minimum atomic E-state index is -0.463. The molecule has 2 fully saturated rings. The van der Waals surface area contributed by atoms with Crippen LogP contribution in [0, 0.1) is 11.8 Å². The molecule has 2 aromatic rings. The van der Waals surface area contributed by atoms with E-state index in [1.54, 1.807) is 0 Å². The Bertz CT molecular complexity index is 971. The lowest BCUT2D eigenvalue weighted by atomic mass is 9.55. The summed E-state index contributed by atoms with van der Waals surface area (Å²) in [6.45, 7) is -0.271. The van der Waals surface area contributed by atoms with E-state index in [0.29, 0.717) is 0 Å². The fourth-order valence-electron chi connectivity index (χ4n) is 6.43. The van der Waals surface area contributed by atoms with Crippen molar-refractivity contribution in [2.24, 2.45) is 11.8 Å². The predicted octanol–water partition coefficient (Wildman–Crippen LogP) is 3.75. The summed E-state index contributed by atoms with van der Waals surface area (Å²) in [7, 11) is 0. The van der Waals surface area contributed by atoms with Crippen molar-refractivity contribution in [1.29, 1.82) is 0 Å². The van der Waals surface area contributed by atoms with Crippen molar-refractivity contribution < 1.29 is 19.1 Å². The standard InChI is InChI=1S/C26H25NO4/c28-20(31-15-8-2-1-3-9-15)14-27-25(29)23-21-16-10-4-5-11-17(16)22(24(23)26(27)30)19-13-7-6-12-18(19)21/h4-7,10-13,15,21-24H,1-3,8-9,14H2. The highest BCUT2D eigenvalue weighted by Gasteiger charge is 2.61. The van der Waals surface area contributed by atoms with Crippen LogP contribution in [0.4, 0.5) is 0 Å². The zero-order chi connectivity index (χ0) is 21.1. The first-order chi connectivity index (χ1) is 15.1. The molecule has 1 saturated heterocycles. The lowest BCUT2D eigenvalue weighted by molar-refractivity contribution is -0.157. The number of benzene rings is 2. The van der Waals surface area contributed by atoms with E-state index >= 15 is 0 Å². The topological polar surface area (TPSA) is 63.7 Å². The van der Waals surface area contributed by atoms with Crippen molar-refractivity contribution in [2.45, 2.75) is 50.0 Å². The average molecular weight is 415 g/mol. The number of nitrogens with zero attached hydrogens (tertiary/aromatic N) is 1. The summed E-state index contributed by atoms with van der Waals surface area (Å²) < 4.78 is 5.61. The molecule has 2 amide bonds. The van der Waals surface area contributed by atoms with Gasteiger partial charge in [-0.3, -0.25) is 19.3 Å². The Hall–Kier alpha value is -2.95. The zero-order valence-corrected chi connectivity index (χ0v) is 17.3. The summed E-state index contributed by atoms with van der Waals surface area (Å²) in [5, 5.41) is 0. The van der Waals surface area contributed by atoms with Crippen LogP contribution in [0.2, 0.25) is 0 Å². The Balaban J connectivity index is 1.33. The number of carbonyl (C=O) groups is 3. The third-order valence-corrected chi connectivity index (χ3v) is 7.68. The van der Waals surface area contributed by atoms with Gasteiger partial charge in [0.15, 0.2) is 0 Å². The smallest absolute Gasteiger partial charge is 0.326 e. The molecule has 5 aliphatic rings. The maximum absolute atomic E-state index is 13.5. The van der Waals surface area contributed by atoms with Crippen LogP contribution in [0.1, 0.15) is 66.2 Å². The molecule has 2 bridgehead atoms. The van der Waals surface area contributed by atoms with Gasteiger partial charge in [-0.05, 0) is 47.9 Å². The van der Waals surface area contributed by atoms with Crippen LogP contribution in [0.5, 0.6) is 0 Å². The fourth-order valence-corrected chi connectivity index (χ4v) is 6.43. The van der Waals surface area contributed by atoms with Crippen LogP contribution in [0.15, 0.2) is 48.5 Å². The van der Waals surface area contributed by atoms with Gasteiger partial charge < -0.3 is 4.74 Å². The van der Waals surface area contributed by atoms with Crippen LogP contribution >= 0.6 is 0 Å². The minimum Gasteiger partial charge on any atom is -0.461 e. The molecular formula is C26H25NO4. The lowest BCUT2D eigenvalue weighted by Crippen LogP contribution is -2.41. The number of esters is 1. The largest absolute Gasteiger partial charge is 0.461 e. The summed E-state index contributed by atoms with van der Waals surface area (Å²) in [5.41, 5.74) is 4.56. The molecule has 2 atom stereocenters. The van der Waals surface area contributed by atoms with Crippen molar-refractivity contribution >= 4 is 17.8 Å². The van der Waals surface area contributed by atoms with Crippen LogP contribution in [0.25, 0.3) is 0 Å². The van der Waals surface area contributed by atoms with Crippen LogP contribution in [-0.4, -0.2) is 35.3 Å². The Morgan fingerprint density at radius 2 is 1.23 bits per heavy atom. The van der Waals surface area contributed by atoms with E-state index in [0.717, 1.165) is 47.9 Å². The summed E-state index contributed by atoms with van der Waals surface area (Å²) in [4.78, 5) is 40.8. The van der Waals surface area contributed by atoms with Gasteiger partial charge in [0.1, 0.15) is 12.6 Å². The van der Waals surface area contributed by atoms with E-state index < -0.39 is 17.8 Å². The molecule has 7 rings (SSSR count). The third-order valence-electron chi connectivity index (χ3n) is 7.68. The fraction of sp³-hybridized carbons (Fsp3) is 0.423. The molecule has 0 radical (unpaired) electrons. The molecule has 2 aromatic carbocycles. The number of ether oxygens (including phenoxy) is 1. The summed E-state index contributed by atoms with van der Waals surface area (Å²) >= 11 is 0. The second kappa shape index (κ2) is 7.04. The van der Waals surface area contributed by atoms with Gasteiger partial charge in [0.25, 0.3) is 0 Å². The van der Waals surface area contributed by atoms with E-state index in [1.165, 1.54) is 11.3 Å². The normalized spacial score (nSPS) is 28.8. The molecule has 4 aliphatic carbocycles. The van der Waals surface area contributed by atoms with Gasteiger partial charge in [-0.1, -0.05) is 55.0 Å². The Morgan fingerprint density at radius 3 is 1.68 bits per heavy atom. The molecular weight excluding hydrogens is 390 g/mol. The first-order valence-electron chi connectivity index (χ1n) is 11.4. The molecule has 1 heterocycles. The maximum Gasteiger partial charge on any atom is 0.326 e. The first-order valence-corrected chi connectivity index (χ1v) is 11.4. The van der Waals surface area contributed by atoms with Crippen molar-refractivity contribution in [3.63, 3.8) is 0 Å². The van der Waals surface area contributed by atoms with Crippen molar-refractivity contribution in [2.75, 3.05) is 6.54 Å². The average Bonchev–Trinajstić information content (AvgIpc) is 3.05. The highest BCUT2D eigenvalue weighted by atomic mass is 16.5. The molecule has 0 N–H and O–H groups in total. The van der Waals surface area contributed by atoms with E-state index in [2.05, 4.69) is 24.3 Å². The number of hydrogen-bond acceptors (Lipinski definition) is 4. The molecule has 1 aliphatic heterocycles. The zero-order valence-electron chi connectivity index (χ0n) is 17.3. The number of rotatable bonds is 3. The van der Waals surface area contributed by atoms with Crippen molar-refractivity contribution in [3.8, 4) is 0 Å². The maximum atomic E-state index is 13.5. The van der Waals surface area contributed by atoms with E-state index in [9.17, 15) is 14.4 Å².